The number of amides is 1. The Hall–Kier alpha value is -2.24. The number of rotatable bonds is 2. The molecule has 1 saturated heterocycles. The highest BCUT2D eigenvalue weighted by Gasteiger charge is 2.35. The van der Waals surface area contributed by atoms with Crippen molar-refractivity contribution in [2.75, 3.05) is 20.2 Å². The van der Waals surface area contributed by atoms with Crippen LogP contribution in [0, 0.1) is 11.7 Å². The molecule has 1 aliphatic rings. The van der Waals surface area contributed by atoms with Crippen molar-refractivity contribution in [1.82, 2.24) is 4.90 Å². The highest BCUT2D eigenvalue weighted by molar-refractivity contribution is 6.04. The molecule has 1 heterocycles. The van der Waals surface area contributed by atoms with E-state index in [0.717, 1.165) is 0 Å². The van der Waals surface area contributed by atoms with Gasteiger partial charge in [0.2, 0.25) is 0 Å². The predicted octanol–water partition coefficient (Wildman–Crippen LogP) is 1.03. The van der Waals surface area contributed by atoms with Crippen LogP contribution in [0.3, 0.4) is 0 Å². The highest BCUT2D eigenvalue weighted by Crippen LogP contribution is 2.18. The number of benzene rings is 1. The molecule has 1 atom stereocenters. The minimum atomic E-state index is -0.829. The van der Waals surface area contributed by atoms with E-state index >= 15 is 0 Å². The molecule has 1 aromatic carbocycles. The standard InChI is InChI=1S/C14H14FNO4/c1-20-14(19)10-6-7-16(8-12(10)17)13(18)9-4-2-3-5-11(9)15/h2-5,10H,6-8H2,1H3. The van der Waals surface area contributed by atoms with Crippen LogP contribution in [-0.4, -0.2) is 42.8 Å². The number of hydrogen-bond donors (Lipinski definition) is 0. The maximum Gasteiger partial charge on any atom is 0.316 e. The van der Waals surface area contributed by atoms with Gasteiger partial charge in [0.1, 0.15) is 11.7 Å². The van der Waals surface area contributed by atoms with Gasteiger partial charge in [-0.2, -0.15) is 0 Å². The molecule has 0 bridgehead atoms. The first-order chi connectivity index (χ1) is 9.54. The van der Waals surface area contributed by atoms with E-state index in [1.807, 2.05) is 0 Å². The summed E-state index contributed by atoms with van der Waals surface area (Å²) >= 11 is 0. The Bertz CT molecular complexity index is 558. The van der Waals surface area contributed by atoms with E-state index in [0.29, 0.717) is 0 Å². The quantitative estimate of drug-likeness (QED) is 0.599. The van der Waals surface area contributed by atoms with Gasteiger partial charge in [0, 0.05) is 6.54 Å². The van der Waals surface area contributed by atoms with E-state index in [-0.39, 0.29) is 30.9 Å². The minimum Gasteiger partial charge on any atom is -0.468 e. The fraction of sp³-hybridized carbons (Fsp3) is 0.357. The first-order valence-electron chi connectivity index (χ1n) is 6.19. The van der Waals surface area contributed by atoms with E-state index < -0.39 is 23.6 Å². The smallest absolute Gasteiger partial charge is 0.316 e. The first-order valence-corrected chi connectivity index (χ1v) is 6.19. The summed E-state index contributed by atoms with van der Waals surface area (Å²) in [7, 11) is 1.21. The van der Waals surface area contributed by atoms with Crippen LogP contribution in [0.5, 0.6) is 0 Å². The number of methoxy groups -OCH3 is 1. The van der Waals surface area contributed by atoms with Crippen molar-refractivity contribution in [3.8, 4) is 0 Å². The average molecular weight is 279 g/mol. The number of ether oxygens (including phenoxy) is 1. The molecule has 1 aromatic rings. The first kappa shape index (κ1) is 14.2. The summed E-state index contributed by atoms with van der Waals surface area (Å²) in [4.78, 5) is 36.6. The highest BCUT2D eigenvalue weighted by atomic mass is 19.1. The Morgan fingerprint density at radius 3 is 2.65 bits per heavy atom. The van der Waals surface area contributed by atoms with Gasteiger partial charge < -0.3 is 9.64 Å². The number of piperidine rings is 1. The lowest BCUT2D eigenvalue weighted by atomic mass is 9.95. The average Bonchev–Trinajstić information content (AvgIpc) is 2.46. The van der Waals surface area contributed by atoms with Gasteiger partial charge in [-0.1, -0.05) is 12.1 Å². The summed E-state index contributed by atoms with van der Waals surface area (Å²) in [6, 6.07) is 5.60. The fourth-order valence-corrected chi connectivity index (χ4v) is 2.19. The lowest BCUT2D eigenvalue weighted by molar-refractivity contribution is -0.151. The molecule has 1 fully saturated rings. The lowest BCUT2D eigenvalue weighted by Gasteiger charge is -2.29. The number of Topliss-reactive ketones (excluding diaryl/α,β-unsaturated/α-hetero) is 1. The Balaban J connectivity index is 2.10. The Kier molecular flexibility index (Phi) is 4.12. The number of likely N-dealkylation sites (tertiary alicyclic amines) is 1. The van der Waals surface area contributed by atoms with E-state index in [9.17, 15) is 18.8 Å². The van der Waals surface area contributed by atoms with E-state index in [4.69, 9.17) is 0 Å². The Morgan fingerprint density at radius 2 is 2.05 bits per heavy atom. The van der Waals surface area contributed by atoms with Crippen LogP contribution in [0.1, 0.15) is 16.8 Å². The van der Waals surface area contributed by atoms with Crippen molar-refractivity contribution in [2.24, 2.45) is 5.92 Å². The van der Waals surface area contributed by atoms with Crippen LogP contribution in [-0.2, 0) is 14.3 Å². The molecule has 1 amide bonds. The number of nitrogens with zero attached hydrogens (tertiary/aromatic N) is 1. The topological polar surface area (TPSA) is 63.7 Å². The minimum absolute atomic E-state index is 0.0724. The largest absolute Gasteiger partial charge is 0.468 e. The zero-order valence-electron chi connectivity index (χ0n) is 11.0. The van der Waals surface area contributed by atoms with Gasteiger partial charge >= 0.3 is 5.97 Å². The summed E-state index contributed by atoms with van der Waals surface area (Å²) in [5.74, 6) is -2.97. The molecule has 5 nitrogen and oxygen atoms in total. The molecule has 0 radical (unpaired) electrons. The Labute approximate surface area is 115 Å². The second-order valence-electron chi connectivity index (χ2n) is 4.54. The normalized spacial score (nSPS) is 18.8. The maximum atomic E-state index is 13.5. The third kappa shape index (κ3) is 2.68. The van der Waals surface area contributed by atoms with Crippen LogP contribution in [0.2, 0.25) is 0 Å². The van der Waals surface area contributed by atoms with E-state index in [2.05, 4.69) is 4.74 Å². The summed E-state index contributed by atoms with van der Waals surface area (Å²) in [6.07, 6.45) is 0.200. The number of esters is 1. The molecule has 106 valence electrons. The molecule has 1 unspecified atom stereocenters. The predicted molar refractivity (Wildman–Crippen MR) is 67.4 cm³/mol. The van der Waals surface area contributed by atoms with Crippen molar-refractivity contribution in [3.05, 3.63) is 35.6 Å². The molecule has 0 aromatic heterocycles. The molecular formula is C14H14FNO4. The van der Waals surface area contributed by atoms with Gasteiger partial charge in [-0.25, -0.2) is 4.39 Å². The third-order valence-corrected chi connectivity index (χ3v) is 3.30. The summed E-state index contributed by atoms with van der Waals surface area (Å²) < 4.78 is 18.1. The molecule has 0 N–H and O–H groups in total. The van der Waals surface area contributed by atoms with Gasteiger partial charge in [0.15, 0.2) is 5.78 Å². The maximum absolute atomic E-state index is 13.5. The zero-order chi connectivity index (χ0) is 14.7. The molecular weight excluding hydrogens is 265 g/mol. The van der Waals surface area contributed by atoms with Crippen molar-refractivity contribution < 1.29 is 23.5 Å². The van der Waals surface area contributed by atoms with Gasteiger partial charge in [0.05, 0.1) is 19.2 Å². The van der Waals surface area contributed by atoms with Crippen LogP contribution >= 0.6 is 0 Å². The summed E-state index contributed by atoms with van der Waals surface area (Å²) in [5.41, 5.74) is -0.0724. The zero-order valence-corrected chi connectivity index (χ0v) is 11.0. The number of halogens is 1. The number of hydrogen-bond acceptors (Lipinski definition) is 4. The van der Waals surface area contributed by atoms with Crippen LogP contribution in [0.25, 0.3) is 0 Å². The number of carbonyl (C=O) groups is 3. The number of ketones is 1. The SMILES string of the molecule is COC(=O)C1CCN(C(=O)c2ccccc2F)CC1=O. The number of carbonyl (C=O) groups excluding carboxylic acids is 3. The lowest BCUT2D eigenvalue weighted by Crippen LogP contribution is -2.46. The molecule has 6 heteroatoms. The molecule has 2 rings (SSSR count). The monoisotopic (exact) mass is 279 g/mol. The van der Waals surface area contributed by atoms with Crippen molar-refractivity contribution in [2.45, 2.75) is 6.42 Å². The van der Waals surface area contributed by atoms with Crippen LogP contribution in [0.4, 0.5) is 4.39 Å². The molecule has 1 aliphatic heterocycles. The molecule has 0 aliphatic carbocycles. The van der Waals surface area contributed by atoms with Gasteiger partial charge in [-0.15, -0.1) is 0 Å². The van der Waals surface area contributed by atoms with E-state index in [1.165, 1.54) is 30.2 Å². The van der Waals surface area contributed by atoms with Crippen molar-refractivity contribution in [3.63, 3.8) is 0 Å². The van der Waals surface area contributed by atoms with Crippen molar-refractivity contribution >= 4 is 17.7 Å². The molecule has 0 spiro atoms. The van der Waals surface area contributed by atoms with E-state index in [1.54, 1.807) is 6.07 Å². The van der Waals surface area contributed by atoms with Crippen LogP contribution < -0.4 is 0 Å². The van der Waals surface area contributed by atoms with Crippen LogP contribution in [0.15, 0.2) is 24.3 Å². The second-order valence-corrected chi connectivity index (χ2v) is 4.54. The summed E-state index contributed by atoms with van der Waals surface area (Å²) in [5, 5.41) is 0. The molecule has 0 saturated carbocycles. The summed E-state index contributed by atoms with van der Waals surface area (Å²) in [6.45, 7) is 0.0195. The third-order valence-electron chi connectivity index (χ3n) is 3.30. The molecule has 20 heavy (non-hydrogen) atoms. The van der Waals surface area contributed by atoms with Gasteiger partial charge in [-0.05, 0) is 18.6 Å². The van der Waals surface area contributed by atoms with Crippen molar-refractivity contribution in [1.29, 1.82) is 0 Å². The fourth-order valence-electron chi connectivity index (χ4n) is 2.19. The van der Waals surface area contributed by atoms with Gasteiger partial charge in [0.25, 0.3) is 5.91 Å². The second kappa shape index (κ2) is 5.81. The van der Waals surface area contributed by atoms with Gasteiger partial charge in [-0.3, -0.25) is 14.4 Å². The Morgan fingerprint density at radius 1 is 1.35 bits per heavy atom.